The summed E-state index contributed by atoms with van der Waals surface area (Å²) >= 11 is 0. The van der Waals surface area contributed by atoms with Crippen molar-refractivity contribution in [2.75, 3.05) is 26.2 Å². The lowest BCUT2D eigenvalue weighted by atomic mass is 9.47. The van der Waals surface area contributed by atoms with E-state index in [0.29, 0.717) is 18.3 Å². The largest absolute Gasteiger partial charge is 0.462 e. The molecule has 4 rings (SSSR count). The molecule has 6 nitrogen and oxygen atoms in total. The van der Waals surface area contributed by atoms with E-state index >= 15 is 0 Å². The van der Waals surface area contributed by atoms with Gasteiger partial charge in [-0.25, -0.2) is 0 Å². The third-order valence-electron chi connectivity index (χ3n) is 15.8. The number of aliphatic hydroxyl groups excluding tert-OH is 1. The van der Waals surface area contributed by atoms with Gasteiger partial charge in [0.15, 0.2) is 0 Å². The summed E-state index contributed by atoms with van der Waals surface area (Å²) in [6.45, 7) is 17.4. The van der Waals surface area contributed by atoms with E-state index in [-0.39, 0.29) is 30.1 Å². The van der Waals surface area contributed by atoms with Gasteiger partial charge in [0.05, 0.1) is 0 Å². The van der Waals surface area contributed by atoms with Gasteiger partial charge in [0, 0.05) is 85.1 Å². The molecule has 0 heterocycles. The molecule has 3 saturated carbocycles. The first-order valence-electron chi connectivity index (χ1n) is 26.8. The molecule has 6 heteroatoms. The summed E-state index contributed by atoms with van der Waals surface area (Å²) in [7, 11) is 0. The van der Waals surface area contributed by atoms with Crippen molar-refractivity contribution in [2.45, 2.75) is 189 Å². The minimum Gasteiger partial charge on any atom is -0.462 e. The topological polar surface area (TPSA) is 76.1 Å². The highest BCUT2D eigenvalue weighted by molar-refractivity contribution is 5.70. The summed E-state index contributed by atoms with van der Waals surface area (Å²) in [6, 6.07) is 0. The predicted molar refractivity (Wildman–Crippen MR) is 287 cm³/mol. The van der Waals surface area contributed by atoms with Crippen molar-refractivity contribution >= 4 is 11.9 Å². The van der Waals surface area contributed by atoms with Crippen molar-refractivity contribution in [3.63, 3.8) is 0 Å². The minimum absolute atomic E-state index is 0.0211. The van der Waals surface area contributed by atoms with Gasteiger partial charge < -0.3 is 19.5 Å². The van der Waals surface area contributed by atoms with Crippen molar-refractivity contribution in [3.8, 4) is 119 Å². The first kappa shape index (κ1) is 57.8. The number of nitrogens with zero attached hydrogens (tertiary/aromatic N) is 1. The maximum absolute atomic E-state index is 13.1. The maximum atomic E-state index is 13.1. The molecular weight excluding hydrogens is 875 g/mol. The third kappa shape index (κ3) is 20.5. The smallest absolute Gasteiger partial charge is 0.319 e. The molecule has 3 fully saturated rings. The lowest BCUT2D eigenvalue weighted by molar-refractivity contribution is -0.151. The molecule has 0 aliphatic heterocycles. The lowest BCUT2D eigenvalue weighted by Gasteiger charge is -2.58. The number of aliphatic hydroxyl groups is 1. The number of allylic oxidation sites excluding steroid dienone is 1. The lowest BCUT2D eigenvalue weighted by Crippen LogP contribution is -2.51. The Morgan fingerprint density at radius 2 is 1.18 bits per heavy atom. The van der Waals surface area contributed by atoms with E-state index in [9.17, 15) is 14.7 Å². The summed E-state index contributed by atoms with van der Waals surface area (Å²) in [4.78, 5) is 27.7. The number of unbranched alkanes of at least 4 members (excludes halogenated alkanes) is 6. The monoisotopic (exact) mass is 954 g/mol. The molecule has 0 spiro atoms. The van der Waals surface area contributed by atoms with Crippen LogP contribution in [-0.2, 0) is 19.1 Å². The predicted octanol–water partition coefficient (Wildman–Crippen LogP) is 11.1. The van der Waals surface area contributed by atoms with Gasteiger partial charge in [-0.3, -0.25) is 9.59 Å². The fourth-order valence-electron chi connectivity index (χ4n) is 12.2. The number of carbonyl (C=O) groups excluding carboxylic acids is 2. The first-order valence-corrected chi connectivity index (χ1v) is 26.8. The van der Waals surface area contributed by atoms with Crippen LogP contribution in [0.25, 0.3) is 0 Å². The van der Waals surface area contributed by atoms with Gasteiger partial charge in [0.25, 0.3) is 0 Å². The Morgan fingerprint density at radius 1 is 0.634 bits per heavy atom. The second kappa shape index (κ2) is 33.0. The molecule has 0 amide bonds. The van der Waals surface area contributed by atoms with Gasteiger partial charge in [-0.1, -0.05) is 90.7 Å². The van der Waals surface area contributed by atoms with Gasteiger partial charge in [-0.15, -0.1) is 0 Å². The van der Waals surface area contributed by atoms with Crippen LogP contribution < -0.4 is 0 Å². The molecule has 0 bridgehead atoms. The molecule has 0 aromatic heterocycles. The fourth-order valence-corrected chi connectivity index (χ4v) is 12.2. The van der Waals surface area contributed by atoms with E-state index in [1.54, 1.807) is 12.5 Å². The van der Waals surface area contributed by atoms with Crippen LogP contribution in [0.3, 0.4) is 0 Å². The quantitative estimate of drug-likeness (QED) is 0.0476. The fraction of sp³-hybridized carbons (Fsp3) is 0.631. The zero-order valence-electron chi connectivity index (χ0n) is 44.0. The summed E-state index contributed by atoms with van der Waals surface area (Å²) in [6.07, 6.45) is 28.2. The van der Waals surface area contributed by atoms with E-state index < -0.39 is 0 Å². The van der Waals surface area contributed by atoms with Gasteiger partial charge in [-0.2, -0.15) is 0 Å². The molecule has 71 heavy (non-hydrogen) atoms. The van der Waals surface area contributed by atoms with Crippen LogP contribution in [0.4, 0.5) is 0 Å². The Bertz CT molecular complexity index is 2470. The molecule has 8 unspecified atom stereocenters. The van der Waals surface area contributed by atoms with E-state index in [0.717, 1.165) is 132 Å². The van der Waals surface area contributed by atoms with Crippen molar-refractivity contribution in [3.05, 3.63) is 11.6 Å². The molecule has 4 aliphatic rings. The number of hydrogen-bond donors (Lipinski definition) is 1. The van der Waals surface area contributed by atoms with Gasteiger partial charge >= 0.3 is 11.9 Å². The zero-order chi connectivity index (χ0) is 51.0. The Kier molecular flexibility index (Phi) is 26.8. The van der Waals surface area contributed by atoms with Gasteiger partial charge in [-0.05, 0) is 204 Å². The van der Waals surface area contributed by atoms with E-state index in [1.807, 2.05) is 0 Å². The van der Waals surface area contributed by atoms with E-state index in [2.05, 4.69) is 164 Å². The second-order valence-corrected chi connectivity index (χ2v) is 21.0. The van der Waals surface area contributed by atoms with E-state index in [1.165, 1.54) is 51.4 Å². The van der Waals surface area contributed by atoms with Gasteiger partial charge in [0.2, 0.25) is 0 Å². The van der Waals surface area contributed by atoms with Gasteiger partial charge in [0.1, 0.15) is 12.2 Å². The van der Waals surface area contributed by atoms with Crippen molar-refractivity contribution in [2.24, 2.45) is 46.3 Å². The van der Waals surface area contributed by atoms with Crippen molar-refractivity contribution < 1.29 is 24.2 Å². The second-order valence-electron chi connectivity index (χ2n) is 21.0. The molecule has 0 aromatic carbocycles. The molecule has 4 aliphatic carbocycles. The van der Waals surface area contributed by atoms with E-state index in [4.69, 9.17) is 9.47 Å². The van der Waals surface area contributed by atoms with Crippen LogP contribution in [0.2, 0.25) is 0 Å². The summed E-state index contributed by atoms with van der Waals surface area (Å²) < 4.78 is 11.1. The summed E-state index contributed by atoms with van der Waals surface area (Å²) in [5.41, 5.74) is 2.36. The summed E-state index contributed by atoms with van der Waals surface area (Å²) in [5.74, 6) is 52.7. The molecule has 0 aromatic rings. The standard InChI is InChI=1S/C65H79NO5/c1-7-8-9-10-11-12-13-14-15-16-17-18-19-20-21-22-23-26-34-52-70-62(68)38-28-24-25-30-48-66(50-32-33-51-67)49-31-27-29-39-63(69)71-57-44-46-64(5)56(53-57)40-41-58-60-43-42-59(55(4)37-35-36-54(2)3)65(60,6)47-45-61(58)64/h40,54-55,57-61,67H,24-25,27-33,35-39,41-51,53H2,1-6H3. The molecule has 0 radical (unpaired) electrons. The normalized spacial score (nSPS) is 23.2. The molecular formula is C65H79NO5. The van der Waals surface area contributed by atoms with Crippen LogP contribution in [0.15, 0.2) is 11.6 Å². The van der Waals surface area contributed by atoms with Crippen molar-refractivity contribution in [1.82, 2.24) is 4.90 Å². The SMILES string of the molecule is CC#CC#CC#CC#CC#CC#CC#CC#CC#CC#COC(=O)CCCCCCN(CCCCO)CCCCCC(=O)OC1CCC2(C)C(=CCC3C2CCC2(C)C(C(C)CCCC(C)C)CCC32)C1. The molecule has 8 atom stereocenters. The highest BCUT2D eigenvalue weighted by atomic mass is 16.5. The third-order valence-corrected chi connectivity index (χ3v) is 15.8. The first-order chi connectivity index (χ1) is 34.5. The Hall–Kier alpha value is -5.80. The number of fused-ring (bicyclic) bond motifs is 5. The average molecular weight is 954 g/mol. The van der Waals surface area contributed by atoms with Crippen LogP contribution >= 0.6 is 0 Å². The van der Waals surface area contributed by atoms with Crippen molar-refractivity contribution in [1.29, 1.82) is 0 Å². The maximum Gasteiger partial charge on any atom is 0.319 e. The highest BCUT2D eigenvalue weighted by Crippen LogP contribution is 2.67. The Labute approximate surface area is 430 Å². The van der Waals surface area contributed by atoms with Crippen LogP contribution in [-0.4, -0.2) is 54.3 Å². The molecule has 374 valence electrons. The average Bonchev–Trinajstić information content (AvgIpc) is 3.71. The number of rotatable bonds is 23. The minimum atomic E-state index is -0.374. The molecule has 1 N–H and O–H groups in total. The Morgan fingerprint density at radius 3 is 1.77 bits per heavy atom. The summed E-state index contributed by atoms with van der Waals surface area (Å²) in [5, 5.41) is 9.36. The number of hydrogen-bond acceptors (Lipinski definition) is 6. The number of carbonyl (C=O) groups is 2. The van der Waals surface area contributed by atoms with Crippen LogP contribution in [0.1, 0.15) is 183 Å². The zero-order valence-corrected chi connectivity index (χ0v) is 44.0. The number of esters is 2. The number of ether oxygens (including phenoxy) is 2. The highest BCUT2D eigenvalue weighted by Gasteiger charge is 2.59. The Balaban J connectivity index is 1.06. The van der Waals surface area contributed by atoms with Crippen LogP contribution in [0.5, 0.6) is 0 Å². The van der Waals surface area contributed by atoms with Crippen LogP contribution in [0, 0.1) is 165 Å². The molecule has 0 saturated heterocycles.